The lowest BCUT2D eigenvalue weighted by Crippen LogP contribution is -2.25. The Balaban J connectivity index is 1.77. The van der Waals surface area contributed by atoms with Crippen LogP contribution in [0, 0.1) is 0 Å². The molecule has 1 atom stereocenters. The summed E-state index contributed by atoms with van der Waals surface area (Å²) in [4.78, 5) is 1.27. The van der Waals surface area contributed by atoms with E-state index >= 15 is 0 Å². The maximum atomic E-state index is 5.72. The van der Waals surface area contributed by atoms with Gasteiger partial charge in [-0.2, -0.15) is 0 Å². The zero-order chi connectivity index (χ0) is 14.2. The third-order valence-electron chi connectivity index (χ3n) is 3.32. The Labute approximate surface area is 126 Å². The molecule has 1 unspecified atom stereocenters. The topological polar surface area (TPSA) is 30.5 Å². The van der Waals surface area contributed by atoms with Gasteiger partial charge in [-0.1, -0.05) is 6.92 Å². The minimum absolute atomic E-state index is 0.615. The van der Waals surface area contributed by atoms with Gasteiger partial charge in [-0.15, -0.1) is 11.8 Å². The summed E-state index contributed by atoms with van der Waals surface area (Å²) in [6.45, 7) is 6.96. The van der Waals surface area contributed by atoms with Crippen LogP contribution in [0.5, 0.6) is 11.5 Å². The van der Waals surface area contributed by atoms with Crippen molar-refractivity contribution in [2.45, 2.75) is 44.0 Å². The van der Waals surface area contributed by atoms with Gasteiger partial charge in [-0.05, 0) is 50.3 Å². The first-order valence-corrected chi connectivity index (χ1v) is 8.54. The predicted molar refractivity (Wildman–Crippen MR) is 85.1 cm³/mol. The molecule has 0 aromatic heterocycles. The molecular weight excluding hydrogens is 270 g/mol. The van der Waals surface area contributed by atoms with E-state index < -0.39 is 0 Å². The van der Waals surface area contributed by atoms with Crippen LogP contribution in [0.1, 0.15) is 33.1 Å². The number of ether oxygens (including phenoxy) is 2. The van der Waals surface area contributed by atoms with Crippen molar-refractivity contribution in [3.63, 3.8) is 0 Å². The molecule has 0 amide bonds. The molecule has 1 heterocycles. The fourth-order valence-corrected chi connectivity index (χ4v) is 3.16. The van der Waals surface area contributed by atoms with Gasteiger partial charge in [0.15, 0.2) is 11.5 Å². The Hall–Kier alpha value is -0.870. The van der Waals surface area contributed by atoms with Gasteiger partial charge < -0.3 is 14.8 Å². The molecule has 1 aliphatic rings. The van der Waals surface area contributed by atoms with Crippen molar-refractivity contribution in [1.82, 2.24) is 5.32 Å². The Morgan fingerprint density at radius 2 is 2.05 bits per heavy atom. The van der Waals surface area contributed by atoms with Gasteiger partial charge in [0.1, 0.15) is 0 Å². The first kappa shape index (κ1) is 15.5. The summed E-state index contributed by atoms with van der Waals surface area (Å²) in [5.41, 5.74) is 0. The van der Waals surface area contributed by atoms with E-state index in [2.05, 4.69) is 31.3 Å². The van der Waals surface area contributed by atoms with Crippen LogP contribution in [0.2, 0.25) is 0 Å². The molecule has 1 aromatic carbocycles. The quantitative estimate of drug-likeness (QED) is 0.613. The molecule has 0 saturated heterocycles. The normalized spacial score (nSPS) is 15.7. The highest BCUT2D eigenvalue weighted by Crippen LogP contribution is 2.34. The summed E-state index contributed by atoms with van der Waals surface area (Å²) in [6, 6.07) is 6.89. The SMILES string of the molecule is CCNC(C)CCCSc1ccc2c(c1)OCCCO2. The summed E-state index contributed by atoms with van der Waals surface area (Å²) >= 11 is 1.90. The zero-order valence-electron chi connectivity index (χ0n) is 12.5. The second kappa shape index (κ2) is 8.42. The average molecular weight is 295 g/mol. The van der Waals surface area contributed by atoms with Gasteiger partial charge in [0.05, 0.1) is 13.2 Å². The number of thioether (sulfide) groups is 1. The fraction of sp³-hybridized carbons (Fsp3) is 0.625. The summed E-state index contributed by atoms with van der Waals surface area (Å²) in [5.74, 6) is 2.93. The van der Waals surface area contributed by atoms with Crippen molar-refractivity contribution in [2.24, 2.45) is 0 Å². The number of hydrogen-bond donors (Lipinski definition) is 1. The highest BCUT2D eigenvalue weighted by Gasteiger charge is 2.10. The Kier molecular flexibility index (Phi) is 6.54. The summed E-state index contributed by atoms with van der Waals surface area (Å²) in [7, 11) is 0. The van der Waals surface area contributed by atoms with Gasteiger partial charge in [-0.25, -0.2) is 0 Å². The first-order chi connectivity index (χ1) is 9.79. The highest BCUT2D eigenvalue weighted by molar-refractivity contribution is 7.99. The van der Waals surface area contributed by atoms with Crippen molar-refractivity contribution in [3.05, 3.63) is 18.2 Å². The molecule has 20 heavy (non-hydrogen) atoms. The van der Waals surface area contributed by atoms with Crippen LogP contribution in [-0.4, -0.2) is 31.6 Å². The van der Waals surface area contributed by atoms with Crippen LogP contribution in [0.25, 0.3) is 0 Å². The van der Waals surface area contributed by atoms with E-state index in [9.17, 15) is 0 Å². The third kappa shape index (κ3) is 4.91. The smallest absolute Gasteiger partial charge is 0.162 e. The van der Waals surface area contributed by atoms with Gasteiger partial charge in [0.2, 0.25) is 0 Å². The molecule has 0 radical (unpaired) electrons. The lowest BCUT2D eigenvalue weighted by Gasteiger charge is -2.12. The largest absolute Gasteiger partial charge is 0.490 e. The van der Waals surface area contributed by atoms with Crippen molar-refractivity contribution in [1.29, 1.82) is 0 Å². The molecular formula is C16H25NO2S. The van der Waals surface area contributed by atoms with Crippen LogP contribution >= 0.6 is 11.8 Å². The van der Waals surface area contributed by atoms with Crippen molar-refractivity contribution >= 4 is 11.8 Å². The average Bonchev–Trinajstić information content (AvgIpc) is 2.68. The molecule has 0 fully saturated rings. The standard InChI is InChI=1S/C16H25NO2S/c1-3-17-13(2)6-4-11-20-14-7-8-15-16(12-14)19-10-5-9-18-15/h7-8,12-13,17H,3-6,9-11H2,1-2H3. The van der Waals surface area contributed by atoms with E-state index in [4.69, 9.17) is 9.47 Å². The maximum Gasteiger partial charge on any atom is 0.162 e. The highest BCUT2D eigenvalue weighted by atomic mass is 32.2. The molecule has 1 aromatic rings. The Morgan fingerprint density at radius 1 is 1.25 bits per heavy atom. The summed E-state index contributed by atoms with van der Waals surface area (Å²) in [6.07, 6.45) is 3.41. The molecule has 112 valence electrons. The molecule has 1 N–H and O–H groups in total. The molecule has 4 heteroatoms. The Bertz CT molecular complexity index is 411. The van der Waals surface area contributed by atoms with E-state index in [1.165, 1.54) is 17.7 Å². The fourth-order valence-electron chi connectivity index (χ4n) is 2.26. The minimum Gasteiger partial charge on any atom is -0.490 e. The van der Waals surface area contributed by atoms with E-state index in [1.807, 2.05) is 17.8 Å². The van der Waals surface area contributed by atoms with Crippen molar-refractivity contribution in [2.75, 3.05) is 25.5 Å². The third-order valence-corrected chi connectivity index (χ3v) is 4.40. The predicted octanol–water partition coefficient (Wildman–Crippen LogP) is 3.72. The first-order valence-electron chi connectivity index (χ1n) is 7.55. The molecule has 2 rings (SSSR count). The monoisotopic (exact) mass is 295 g/mol. The number of rotatable bonds is 7. The van der Waals surface area contributed by atoms with E-state index in [1.54, 1.807) is 0 Å². The lowest BCUT2D eigenvalue weighted by atomic mass is 10.2. The van der Waals surface area contributed by atoms with Crippen LogP contribution < -0.4 is 14.8 Å². The second-order valence-electron chi connectivity index (χ2n) is 5.11. The molecule has 3 nitrogen and oxygen atoms in total. The molecule has 0 aliphatic carbocycles. The lowest BCUT2D eigenvalue weighted by molar-refractivity contribution is 0.297. The molecule has 0 spiro atoms. The van der Waals surface area contributed by atoms with Crippen LogP contribution in [0.15, 0.2) is 23.1 Å². The van der Waals surface area contributed by atoms with Crippen LogP contribution in [0.3, 0.4) is 0 Å². The Morgan fingerprint density at radius 3 is 2.85 bits per heavy atom. The van der Waals surface area contributed by atoms with Gasteiger partial charge >= 0.3 is 0 Å². The van der Waals surface area contributed by atoms with Gasteiger partial charge in [-0.3, -0.25) is 0 Å². The molecule has 1 aliphatic heterocycles. The van der Waals surface area contributed by atoms with E-state index in [0.29, 0.717) is 6.04 Å². The molecule has 0 saturated carbocycles. The van der Waals surface area contributed by atoms with Crippen molar-refractivity contribution in [3.8, 4) is 11.5 Å². The summed E-state index contributed by atoms with van der Waals surface area (Å²) < 4.78 is 11.4. The number of nitrogens with one attached hydrogen (secondary N) is 1. The van der Waals surface area contributed by atoms with Crippen LogP contribution in [-0.2, 0) is 0 Å². The maximum absolute atomic E-state index is 5.72. The van der Waals surface area contributed by atoms with E-state index in [0.717, 1.165) is 43.4 Å². The number of fused-ring (bicyclic) bond motifs is 1. The van der Waals surface area contributed by atoms with Gasteiger partial charge in [0, 0.05) is 17.4 Å². The van der Waals surface area contributed by atoms with Crippen LogP contribution in [0.4, 0.5) is 0 Å². The van der Waals surface area contributed by atoms with E-state index in [-0.39, 0.29) is 0 Å². The number of benzene rings is 1. The summed E-state index contributed by atoms with van der Waals surface area (Å²) in [5, 5.41) is 3.45. The zero-order valence-corrected chi connectivity index (χ0v) is 13.3. The second-order valence-corrected chi connectivity index (χ2v) is 6.28. The van der Waals surface area contributed by atoms with Crippen molar-refractivity contribution < 1.29 is 9.47 Å². The minimum atomic E-state index is 0.615. The number of hydrogen-bond acceptors (Lipinski definition) is 4. The molecule has 0 bridgehead atoms. The van der Waals surface area contributed by atoms with Gasteiger partial charge in [0.25, 0.3) is 0 Å².